The Hall–Kier alpha value is -3.98. The molecule has 2 aliphatic heterocycles. The number of hydrogen-bond donors (Lipinski definition) is 4. The molecule has 1 aromatic heterocycles. The largest absolute Gasteiger partial charge is 0.508 e. The number of nitrogens with zero attached hydrogens (tertiary/aromatic N) is 6. The van der Waals surface area contributed by atoms with Gasteiger partial charge in [-0.15, -0.1) is 0 Å². The van der Waals surface area contributed by atoms with Crippen LogP contribution in [0.2, 0.25) is 0 Å². The number of carbonyl (C=O) groups excluding carboxylic acids is 1. The number of nitriles is 1. The number of fused-ring (bicyclic) bond motifs is 1. The maximum absolute atomic E-state index is 13.5. The SMILES string of the molecule is CN1CCN(CCNc2nc(C(=O)Nc3cc(O)cc4ccccc34)cc(N3CCN[C@@H](CC#N)C3)n2)CC1. The van der Waals surface area contributed by atoms with Gasteiger partial charge >= 0.3 is 0 Å². The van der Waals surface area contributed by atoms with Gasteiger partial charge in [-0.05, 0) is 18.5 Å². The number of amides is 1. The highest BCUT2D eigenvalue weighted by Crippen LogP contribution is 2.29. The van der Waals surface area contributed by atoms with E-state index in [1.54, 1.807) is 18.2 Å². The summed E-state index contributed by atoms with van der Waals surface area (Å²) < 4.78 is 0. The molecule has 0 spiro atoms. The van der Waals surface area contributed by atoms with Crippen molar-refractivity contribution in [3.05, 3.63) is 48.2 Å². The van der Waals surface area contributed by atoms with Gasteiger partial charge in [0, 0.05) is 82.5 Å². The van der Waals surface area contributed by atoms with Crippen molar-refractivity contribution in [3.8, 4) is 11.8 Å². The molecule has 2 aromatic carbocycles. The molecule has 3 aromatic rings. The lowest BCUT2D eigenvalue weighted by atomic mass is 10.1. The highest BCUT2D eigenvalue weighted by atomic mass is 16.3. The third-order valence-corrected chi connectivity index (χ3v) is 7.26. The molecule has 0 saturated carbocycles. The Labute approximate surface area is 228 Å². The molecule has 204 valence electrons. The smallest absolute Gasteiger partial charge is 0.274 e. The molecule has 5 rings (SSSR count). The van der Waals surface area contributed by atoms with Crippen molar-refractivity contribution in [1.82, 2.24) is 25.1 Å². The summed E-state index contributed by atoms with van der Waals surface area (Å²) in [4.78, 5) is 29.6. The fraction of sp³-hybridized carbons (Fsp3) is 0.429. The average molecular weight is 530 g/mol. The van der Waals surface area contributed by atoms with Gasteiger partial charge in [-0.2, -0.15) is 10.2 Å². The van der Waals surface area contributed by atoms with Crippen LogP contribution >= 0.6 is 0 Å². The predicted octanol–water partition coefficient (Wildman–Crippen LogP) is 1.94. The summed E-state index contributed by atoms with van der Waals surface area (Å²) in [6, 6.07) is 14.7. The van der Waals surface area contributed by atoms with Gasteiger partial charge in [0.2, 0.25) is 5.95 Å². The normalized spacial score (nSPS) is 18.6. The molecule has 11 nitrogen and oxygen atoms in total. The van der Waals surface area contributed by atoms with Crippen molar-refractivity contribution in [1.29, 1.82) is 5.26 Å². The van der Waals surface area contributed by atoms with Crippen LogP contribution in [-0.4, -0.2) is 103 Å². The minimum Gasteiger partial charge on any atom is -0.508 e. The third-order valence-electron chi connectivity index (χ3n) is 7.26. The minimum atomic E-state index is -0.389. The van der Waals surface area contributed by atoms with Gasteiger partial charge in [0.05, 0.1) is 18.2 Å². The van der Waals surface area contributed by atoms with Crippen LogP contribution in [0.5, 0.6) is 5.75 Å². The van der Waals surface area contributed by atoms with Crippen molar-refractivity contribution >= 4 is 34.1 Å². The lowest BCUT2D eigenvalue weighted by Crippen LogP contribution is -2.51. The number of anilines is 3. The summed E-state index contributed by atoms with van der Waals surface area (Å²) in [5.41, 5.74) is 0.737. The number of carbonyl (C=O) groups is 1. The van der Waals surface area contributed by atoms with E-state index in [4.69, 9.17) is 10.2 Å². The summed E-state index contributed by atoms with van der Waals surface area (Å²) in [5, 5.41) is 30.7. The number of likely N-dealkylation sites (N-methyl/N-ethyl adjacent to an activating group) is 1. The van der Waals surface area contributed by atoms with Crippen molar-refractivity contribution in [2.75, 3.05) is 81.5 Å². The van der Waals surface area contributed by atoms with E-state index < -0.39 is 0 Å². The van der Waals surface area contributed by atoms with Gasteiger partial charge in [0.15, 0.2) is 0 Å². The fourth-order valence-corrected chi connectivity index (χ4v) is 5.05. The van der Waals surface area contributed by atoms with Crippen molar-refractivity contribution in [2.45, 2.75) is 12.5 Å². The monoisotopic (exact) mass is 529 g/mol. The minimum absolute atomic E-state index is 0.0308. The summed E-state index contributed by atoms with van der Waals surface area (Å²) in [6.07, 6.45) is 0.398. The molecule has 0 aliphatic carbocycles. The second-order valence-electron chi connectivity index (χ2n) is 10.1. The first-order valence-corrected chi connectivity index (χ1v) is 13.4. The van der Waals surface area contributed by atoms with Gasteiger partial charge in [-0.25, -0.2) is 4.98 Å². The Bertz CT molecular complexity index is 1350. The van der Waals surface area contributed by atoms with Crippen LogP contribution in [0, 0.1) is 11.3 Å². The maximum Gasteiger partial charge on any atom is 0.274 e. The molecule has 1 atom stereocenters. The van der Waals surface area contributed by atoms with Crippen molar-refractivity contribution in [2.24, 2.45) is 0 Å². The Morgan fingerprint density at radius 1 is 1.15 bits per heavy atom. The summed E-state index contributed by atoms with van der Waals surface area (Å²) in [5.74, 6) is 0.716. The van der Waals surface area contributed by atoms with Gasteiger partial charge < -0.3 is 30.9 Å². The second kappa shape index (κ2) is 12.3. The van der Waals surface area contributed by atoms with E-state index in [-0.39, 0.29) is 23.4 Å². The van der Waals surface area contributed by atoms with Crippen LogP contribution in [0.4, 0.5) is 17.5 Å². The molecule has 39 heavy (non-hydrogen) atoms. The summed E-state index contributed by atoms with van der Waals surface area (Å²) >= 11 is 0. The lowest BCUT2D eigenvalue weighted by Gasteiger charge is -2.34. The Balaban J connectivity index is 1.37. The van der Waals surface area contributed by atoms with Crippen molar-refractivity contribution < 1.29 is 9.90 Å². The molecule has 2 saturated heterocycles. The first kappa shape index (κ1) is 26.6. The molecule has 2 aliphatic rings. The van der Waals surface area contributed by atoms with E-state index in [0.717, 1.165) is 50.0 Å². The van der Waals surface area contributed by atoms with E-state index in [9.17, 15) is 9.90 Å². The van der Waals surface area contributed by atoms with E-state index in [1.165, 1.54) is 0 Å². The molecule has 0 bridgehead atoms. The van der Waals surface area contributed by atoms with Crippen LogP contribution in [0.25, 0.3) is 10.8 Å². The predicted molar refractivity (Wildman–Crippen MR) is 152 cm³/mol. The second-order valence-corrected chi connectivity index (χ2v) is 10.1. The standard InChI is InChI=1S/C28H35N9O2/c1-35-12-14-36(15-13-35)10-8-31-28-33-25(18-26(34-28)37-11-9-30-21(19-37)6-7-29)27(39)32-24-17-22(38)16-20-4-2-3-5-23(20)24/h2-5,16-18,21,30,38H,6,8-15,19H2,1H3,(H,32,39)(H,31,33,34)/t21-/m0/s1. The molecular weight excluding hydrogens is 494 g/mol. The molecule has 11 heteroatoms. The van der Waals surface area contributed by atoms with Gasteiger partial charge in [-0.3, -0.25) is 9.69 Å². The zero-order chi connectivity index (χ0) is 27.2. The fourth-order valence-electron chi connectivity index (χ4n) is 5.05. The highest BCUT2D eigenvalue weighted by molar-refractivity contribution is 6.09. The van der Waals surface area contributed by atoms with E-state index >= 15 is 0 Å². The molecule has 1 amide bonds. The van der Waals surface area contributed by atoms with E-state index in [2.05, 4.69) is 48.8 Å². The molecular formula is C28H35N9O2. The molecule has 2 fully saturated rings. The Morgan fingerprint density at radius 2 is 1.97 bits per heavy atom. The van der Waals surface area contributed by atoms with Gasteiger partial charge in [-0.1, -0.05) is 24.3 Å². The average Bonchev–Trinajstić information content (AvgIpc) is 2.94. The lowest BCUT2D eigenvalue weighted by molar-refractivity contribution is 0.102. The Kier molecular flexibility index (Phi) is 8.36. The number of benzene rings is 2. The molecule has 0 radical (unpaired) electrons. The third kappa shape index (κ3) is 6.72. The number of aromatic hydroxyl groups is 1. The molecule has 0 unspecified atom stereocenters. The molecule has 3 heterocycles. The quantitative estimate of drug-likeness (QED) is 0.343. The number of hydrogen-bond acceptors (Lipinski definition) is 10. The van der Waals surface area contributed by atoms with E-state index in [0.29, 0.717) is 43.5 Å². The van der Waals surface area contributed by atoms with Crippen molar-refractivity contribution in [3.63, 3.8) is 0 Å². The zero-order valence-electron chi connectivity index (χ0n) is 22.2. The first-order chi connectivity index (χ1) is 19.0. The van der Waals surface area contributed by atoms with E-state index in [1.807, 2.05) is 24.3 Å². The van der Waals surface area contributed by atoms with Gasteiger partial charge in [0.1, 0.15) is 17.3 Å². The number of phenolic OH excluding ortho intramolecular Hbond substituents is 1. The molecule has 4 N–H and O–H groups in total. The topological polar surface area (TPSA) is 133 Å². The number of aromatic nitrogens is 2. The number of phenols is 1. The Morgan fingerprint density at radius 3 is 2.79 bits per heavy atom. The maximum atomic E-state index is 13.5. The van der Waals surface area contributed by atoms with Gasteiger partial charge in [0.25, 0.3) is 5.91 Å². The summed E-state index contributed by atoms with van der Waals surface area (Å²) in [7, 11) is 2.14. The summed E-state index contributed by atoms with van der Waals surface area (Å²) in [6.45, 7) is 7.69. The number of piperazine rings is 2. The number of rotatable bonds is 8. The first-order valence-electron chi connectivity index (χ1n) is 13.4. The van der Waals surface area contributed by atoms with Crippen LogP contribution in [0.15, 0.2) is 42.5 Å². The highest BCUT2D eigenvalue weighted by Gasteiger charge is 2.23. The van der Waals surface area contributed by atoms with Crippen LogP contribution in [0.1, 0.15) is 16.9 Å². The zero-order valence-corrected chi connectivity index (χ0v) is 22.2. The van der Waals surface area contributed by atoms with Crippen LogP contribution in [-0.2, 0) is 0 Å². The number of nitrogens with one attached hydrogen (secondary N) is 3. The van der Waals surface area contributed by atoms with Crippen LogP contribution < -0.4 is 20.9 Å². The van der Waals surface area contributed by atoms with Crippen LogP contribution in [0.3, 0.4) is 0 Å².